The second-order valence-corrected chi connectivity index (χ2v) is 4.98. The Morgan fingerprint density at radius 2 is 1.90 bits per heavy atom. The molecule has 0 saturated heterocycles. The Balaban J connectivity index is 2.28. The van der Waals surface area contributed by atoms with Crippen LogP contribution in [0.3, 0.4) is 0 Å². The zero-order valence-corrected chi connectivity index (χ0v) is 12.9. The molecule has 2 aromatic rings. The van der Waals surface area contributed by atoms with Crippen molar-refractivity contribution >= 4 is 21.9 Å². The van der Waals surface area contributed by atoms with Gasteiger partial charge in [-0.25, -0.2) is 9.78 Å². The summed E-state index contributed by atoms with van der Waals surface area (Å²) in [4.78, 5) is 19.2. The number of hydrogen-bond donors (Lipinski definition) is 0. The Morgan fingerprint density at radius 1 is 1.25 bits per heavy atom. The summed E-state index contributed by atoms with van der Waals surface area (Å²) in [5, 5.41) is 0. The van der Waals surface area contributed by atoms with Crippen LogP contribution in [0.15, 0.2) is 28.9 Å². The van der Waals surface area contributed by atoms with Gasteiger partial charge in [-0.1, -0.05) is 15.9 Å². The molecule has 0 aliphatic heterocycles. The van der Waals surface area contributed by atoms with Gasteiger partial charge in [0.15, 0.2) is 0 Å². The van der Waals surface area contributed by atoms with Crippen LogP contribution in [-0.4, -0.2) is 23.0 Å². The lowest BCUT2D eigenvalue weighted by Gasteiger charge is -2.09. The summed E-state index contributed by atoms with van der Waals surface area (Å²) >= 11 is 3.50. The van der Waals surface area contributed by atoms with Crippen molar-refractivity contribution in [3.05, 3.63) is 45.8 Å². The molecule has 0 spiro atoms. The molecular formula is C14H13BrN2O3. The van der Waals surface area contributed by atoms with Crippen molar-refractivity contribution in [2.45, 2.75) is 13.8 Å². The van der Waals surface area contributed by atoms with Crippen LogP contribution in [0.4, 0.5) is 0 Å². The van der Waals surface area contributed by atoms with Gasteiger partial charge in [0.25, 0.3) is 0 Å². The van der Waals surface area contributed by atoms with Crippen LogP contribution in [0.1, 0.15) is 21.7 Å². The number of aryl methyl sites for hydroxylation is 2. The standard InChI is InChI=1S/C14H13BrN2O3/c1-8-6-10(7-9(2)12(8)15)20-11-4-5-16-13(17-11)14(18)19-3/h4-7H,1-3H3. The first-order valence-corrected chi connectivity index (χ1v) is 6.66. The first kappa shape index (κ1) is 14.5. The van der Waals surface area contributed by atoms with E-state index in [1.807, 2.05) is 26.0 Å². The maximum absolute atomic E-state index is 11.4. The van der Waals surface area contributed by atoms with E-state index in [0.717, 1.165) is 15.6 Å². The zero-order chi connectivity index (χ0) is 14.7. The summed E-state index contributed by atoms with van der Waals surface area (Å²) in [6, 6.07) is 5.35. The molecule has 0 fully saturated rings. The van der Waals surface area contributed by atoms with E-state index in [9.17, 15) is 4.79 Å². The van der Waals surface area contributed by atoms with E-state index in [1.54, 1.807) is 6.07 Å². The van der Waals surface area contributed by atoms with Gasteiger partial charge in [0, 0.05) is 16.7 Å². The number of esters is 1. The summed E-state index contributed by atoms with van der Waals surface area (Å²) in [7, 11) is 1.28. The molecule has 0 unspecified atom stereocenters. The smallest absolute Gasteiger partial charge is 0.376 e. The summed E-state index contributed by atoms with van der Waals surface area (Å²) in [6.45, 7) is 3.95. The molecule has 6 heteroatoms. The van der Waals surface area contributed by atoms with E-state index in [0.29, 0.717) is 11.6 Å². The van der Waals surface area contributed by atoms with Crippen molar-refractivity contribution in [3.63, 3.8) is 0 Å². The third kappa shape index (κ3) is 3.14. The second kappa shape index (κ2) is 6.00. The predicted molar refractivity (Wildman–Crippen MR) is 77.1 cm³/mol. The number of aromatic nitrogens is 2. The number of rotatable bonds is 3. The molecule has 104 valence electrons. The van der Waals surface area contributed by atoms with Crippen LogP contribution in [0.5, 0.6) is 11.6 Å². The number of ether oxygens (including phenoxy) is 2. The fraction of sp³-hybridized carbons (Fsp3) is 0.214. The molecule has 0 aliphatic carbocycles. The lowest BCUT2D eigenvalue weighted by molar-refractivity contribution is 0.0585. The molecule has 5 nitrogen and oxygen atoms in total. The molecule has 0 aliphatic rings. The van der Waals surface area contributed by atoms with Crippen molar-refractivity contribution in [2.75, 3.05) is 7.11 Å². The number of carbonyl (C=O) groups is 1. The van der Waals surface area contributed by atoms with Gasteiger partial charge in [-0.15, -0.1) is 0 Å². The SMILES string of the molecule is COC(=O)c1nccc(Oc2cc(C)c(Br)c(C)c2)n1. The number of benzene rings is 1. The molecule has 20 heavy (non-hydrogen) atoms. The summed E-state index contributed by atoms with van der Waals surface area (Å²) < 4.78 is 11.3. The molecular weight excluding hydrogens is 324 g/mol. The fourth-order valence-electron chi connectivity index (χ4n) is 1.67. The van der Waals surface area contributed by atoms with Crippen LogP contribution in [0, 0.1) is 13.8 Å². The van der Waals surface area contributed by atoms with Gasteiger partial charge < -0.3 is 9.47 Å². The Morgan fingerprint density at radius 3 is 2.50 bits per heavy atom. The first-order chi connectivity index (χ1) is 9.51. The highest BCUT2D eigenvalue weighted by Gasteiger charge is 2.11. The lowest BCUT2D eigenvalue weighted by atomic mass is 10.1. The summed E-state index contributed by atoms with van der Waals surface area (Å²) in [5.74, 6) is 0.313. The normalized spacial score (nSPS) is 10.2. The Hall–Kier alpha value is -1.95. The molecule has 0 radical (unpaired) electrons. The van der Waals surface area contributed by atoms with Crippen LogP contribution >= 0.6 is 15.9 Å². The monoisotopic (exact) mass is 336 g/mol. The third-order valence-electron chi connectivity index (χ3n) is 2.63. The van der Waals surface area contributed by atoms with Crippen molar-refractivity contribution in [1.29, 1.82) is 0 Å². The highest BCUT2D eigenvalue weighted by atomic mass is 79.9. The van der Waals surface area contributed by atoms with Gasteiger partial charge >= 0.3 is 5.97 Å². The average molecular weight is 337 g/mol. The minimum atomic E-state index is -0.599. The third-order valence-corrected chi connectivity index (χ3v) is 3.88. The first-order valence-electron chi connectivity index (χ1n) is 5.87. The largest absolute Gasteiger partial charge is 0.463 e. The van der Waals surface area contributed by atoms with Crippen LogP contribution in [-0.2, 0) is 4.74 Å². The molecule has 1 aromatic carbocycles. The molecule has 1 heterocycles. The van der Waals surface area contributed by atoms with Gasteiger partial charge in [-0.3, -0.25) is 0 Å². The van der Waals surface area contributed by atoms with E-state index in [1.165, 1.54) is 13.3 Å². The minimum Gasteiger partial charge on any atom is -0.463 e. The van der Waals surface area contributed by atoms with Crippen molar-refractivity contribution in [2.24, 2.45) is 0 Å². The lowest BCUT2D eigenvalue weighted by Crippen LogP contribution is -2.07. The molecule has 0 N–H and O–H groups in total. The van der Waals surface area contributed by atoms with E-state index in [4.69, 9.17) is 4.74 Å². The molecule has 0 atom stereocenters. The quantitative estimate of drug-likeness (QED) is 0.803. The predicted octanol–water partition coefficient (Wildman–Crippen LogP) is 3.43. The van der Waals surface area contributed by atoms with Gasteiger partial charge in [0.1, 0.15) is 5.75 Å². The van der Waals surface area contributed by atoms with E-state index < -0.39 is 5.97 Å². The zero-order valence-electron chi connectivity index (χ0n) is 11.3. The Kier molecular flexibility index (Phi) is 4.34. The number of halogens is 1. The molecule has 0 amide bonds. The maximum Gasteiger partial charge on any atom is 0.376 e. The van der Waals surface area contributed by atoms with Gasteiger partial charge in [0.05, 0.1) is 7.11 Å². The number of methoxy groups -OCH3 is 1. The van der Waals surface area contributed by atoms with Crippen molar-refractivity contribution < 1.29 is 14.3 Å². The van der Waals surface area contributed by atoms with Crippen molar-refractivity contribution in [3.8, 4) is 11.6 Å². The molecule has 0 bridgehead atoms. The second-order valence-electron chi connectivity index (χ2n) is 4.18. The van der Waals surface area contributed by atoms with Gasteiger partial charge in [-0.2, -0.15) is 4.98 Å². The van der Waals surface area contributed by atoms with Gasteiger partial charge in [-0.05, 0) is 37.1 Å². The number of carbonyl (C=O) groups excluding carboxylic acids is 1. The maximum atomic E-state index is 11.4. The minimum absolute atomic E-state index is 0.0319. The van der Waals surface area contributed by atoms with Crippen LogP contribution < -0.4 is 4.74 Å². The Bertz CT molecular complexity index is 636. The molecule has 2 rings (SSSR count). The average Bonchev–Trinajstić information content (AvgIpc) is 2.44. The van der Waals surface area contributed by atoms with Crippen LogP contribution in [0.25, 0.3) is 0 Å². The Labute approximate surface area is 125 Å². The summed E-state index contributed by atoms with van der Waals surface area (Å²) in [5.41, 5.74) is 2.12. The van der Waals surface area contributed by atoms with E-state index in [2.05, 4.69) is 30.6 Å². The molecule has 1 aromatic heterocycles. The van der Waals surface area contributed by atoms with E-state index >= 15 is 0 Å². The summed E-state index contributed by atoms with van der Waals surface area (Å²) in [6.07, 6.45) is 1.45. The van der Waals surface area contributed by atoms with Gasteiger partial charge in [0.2, 0.25) is 11.7 Å². The van der Waals surface area contributed by atoms with Crippen LogP contribution in [0.2, 0.25) is 0 Å². The fourth-order valence-corrected chi connectivity index (χ4v) is 1.90. The van der Waals surface area contributed by atoms with E-state index in [-0.39, 0.29) is 5.82 Å². The number of nitrogens with zero attached hydrogens (tertiary/aromatic N) is 2. The van der Waals surface area contributed by atoms with Crippen molar-refractivity contribution in [1.82, 2.24) is 9.97 Å². The number of hydrogen-bond acceptors (Lipinski definition) is 5. The molecule has 0 saturated carbocycles. The highest BCUT2D eigenvalue weighted by Crippen LogP contribution is 2.28. The highest BCUT2D eigenvalue weighted by molar-refractivity contribution is 9.10. The topological polar surface area (TPSA) is 61.3 Å².